The maximum Gasteiger partial charge on any atom is 0.344 e. The number of aryl methyl sites for hydroxylation is 1. The first-order chi connectivity index (χ1) is 17.2. The molecule has 36 heavy (non-hydrogen) atoms. The summed E-state index contributed by atoms with van der Waals surface area (Å²) in [6.07, 6.45) is 1.50. The average molecular weight is 529 g/mol. The monoisotopic (exact) mass is 528 g/mol. The number of carbonyl (C=O) groups is 2. The van der Waals surface area contributed by atoms with Crippen molar-refractivity contribution in [3.05, 3.63) is 40.5 Å². The fourth-order valence-corrected chi connectivity index (χ4v) is 4.34. The zero-order valence-corrected chi connectivity index (χ0v) is 20.7. The van der Waals surface area contributed by atoms with Crippen LogP contribution in [0.3, 0.4) is 0 Å². The topological polar surface area (TPSA) is 133 Å². The van der Waals surface area contributed by atoms with Crippen LogP contribution in [0.4, 0.5) is 18.6 Å². The number of nitrogens with zero attached hydrogens (tertiary/aromatic N) is 2. The quantitative estimate of drug-likeness (QED) is 0.309. The molecule has 1 aromatic heterocycles. The van der Waals surface area contributed by atoms with Crippen LogP contribution in [0.25, 0.3) is 0 Å². The number of aromatic carboxylic acids is 1. The fraction of sp³-hybridized carbons (Fsp3) is 0.522. The summed E-state index contributed by atoms with van der Waals surface area (Å²) in [4.78, 5) is 26.1. The molecule has 1 atom stereocenters. The van der Waals surface area contributed by atoms with Crippen LogP contribution >= 0.6 is 11.5 Å². The number of amides is 2. The number of anilines is 1. The minimum atomic E-state index is -1.39. The molecular weight excluding hydrogens is 498 g/mol. The molecule has 4 N–H and O–H groups in total. The Kier molecular flexibility index (Phi) is 10.3. The zero-order valence-electron chi connectivity index (χ0n) is 19.9. The number of morpholine rings is 1. The number of β-amino-alcohol motifs (C(OH)–C–C–N with tert-alkyl or cyclic N) is 1. The van der Waals surface area contributed by atoms with Crippen LogP contribution in [-0.2, 0) is 11.3 Å². The third-order valence-electron chi connectivity index (χ3n) is 5.62. The van der Waals surface area contributed by atoms with Gasteiger partial charge in [-0.3, -0.25) is 10.2 Å². The molecule has 1 unspecified atom stereocenters. The molecule has 1 saturated heterocycles. The van der Waals surface area contributed by atoms with E-state index in [1.165, 1.54) is 6.92 Å². The normalized spacial score (nSPS) is 14.9. The highest BCUT2D eigenvalue weighted by atomic mass is 32.1. The molecule has 3 rings (SSSR count). The maximum absolute atomic E-state index is 14.0. The van der Waals surface area contributed by atoms with Crippen LogP contribution in [0.1, 0.15) is 40.7 Å². The van der Waals surface area contributed by atoms with Gasteiger partial charge in [0, 0.05) is 31.7 Å². The molecule has 2 amide bonds. The Bertz CT molecular complexity index is 1050. The lowest BCUT2D eigenvalue weighted by Crippen LogP contribution is -2.40. The zero-order chi connectivity index (χ0) is 26.1. The van der Waals surface area contributed by atoms with Crippen LogP contribution in [0.2, 0.25) is 0 Å². The van der Waals surface area contributed by atoms with Gasteiger partial charge >= 0.3 is 12.0 Å². The molecule has 2 heterocycles. The molecule has 0 radical (unpaired) electrons. The fourth-order valence-electron chi connectivity index (χ4n) is 3.62. The lowest BCUT2D eigenvalue weighted by molar-refractivity contribution is 0.0128. The van der Waals surface area contributed by atoms with Gasteiger partial charge in [-0.2, -0.15) is 4.37 Å². The smallest absolute Gasteiger partial charge is 0.344 e. The van der Waals surface area contributed by atoms with Crippen molar-refractivity contribution in [3.63, 3.8) is 0 Å². The standard InChI is InChI=1S/C23H30F2N4O6S/c1-14-10-18(25)15(11-17(14)24)13-35-20-19(22(31)32)21(36-28-20)27-23(33)26-5-3-2-4-16(30)12-29-6-8-34-9-7-29/h10-11,16,30H,2-9,12-13H2,1H3,(H,31,32)(H2,26,27,33). The number of benzene rings is 1. The largest absolute Gasteiger partial charge is 0.477 e. The van der Waals surface area contributed by atoms with Crippen molar-refractivity contribution < 1.29 is 38.1 Å². The van der Waals surface area contributed by atoms with Gasteiger partial charge in [0.15, 0.2) is 5.56 Å². The summed E-state index contributed by atoms with van der Waals surface area (Å²) >= 11 is 0.700. The van der Waals surface area contributed by atoms with Crippen molar-refractivity contribution >= 4 is 28.5 Å². The van der Waals surface area contributed by atoms with Crippen molar-refractivity contribution in [1.29, 1.82) is 0 Å². The number of halogens is 2. The summed E-state index contributed by atoms with van der Waals surface area (Å²) in [6.45, 7) is 4.88. The van der Waals surface area contributed by atoms with Crippen LogP contribution in [0, 0.1) is 18.6 Å². The van der Waals surface area contributed by atoms with Gasteiger partial charge in [0.25, 0.3) is 0 Å². The lowest BCUT2D eigenvalue weighted by Gasteiger charge is -2.28. The number of aromatic nitrogens is 1. The predicted molar refractivity (Wildman–Crippen MR) is 129 cm³/mol. The molecule has 10 nitrogen and oxygen atoms in total. The Balaban J connectivity index is 1.43. The Morgan fingerprint density at radius 2 is 2.00 bits per heavy atom. The number of carboxylic acid groups (broad SMARTS) is 1. The highest BCUT2D eigenvalue weighted by Crippen LogP contribution is 2.31. The number of ether oxygens (including phenoxy) is 2. The second-order valence-corrected chi connectivity index (χ2v) is 9.20. The van der Waals surface area contributed by atoms with Gasteiger partial charge in [-0.25, -0.2) is 18.4 Å². The third kappa shape index (κ3) is 8.08. The third-order valence-corrected chi connectivity index (χ3v) is 6.36. The van der Waals surface area contributed by atoms with E-state index < -0.39 is 36.3 Å². The van der Waals surface area contributed by atoms with Gasteiger partial charge in [0.1, 0.15) is 23.2 Å². The first-order valence-corrected chi connectivity index (χ1v) is 12.3. The maximum atomic E-state index is 14.0. The highest BCUT2D eigenvalue weighted by Gasteiger charge is 2.24. The van der Waals surface area contributed by atoms with Crippen molar-refractivity contribution in [1.82, 2.24) is 14.6 Å². The van der Waals surface area contributed by atoms with Gasteiger partial charge < -0.3 is 25.0 Å². The lowest BCUT2D eigenvalue weighted by atomic mass is 10.1. The number of carbonyl (C=O) groups excluding carboxylic acids is 1. The molecule has 1 aliphatic rings. The van der Waals surface area contributed by atoms with Gasteiger partial charge in [-0.1, -0.05) is 0 Å². The van der Waals surface area contributed by atoms with Crippen molar-refractivity contribution in [2.45, 2.75) is 38.9 Å². The molecule has 2 aromatic rings. The minimum Gasteiger partial charge on any atom is -0.477 e. The summed E-state index contributed by atoms with van der Waals surface area (Å²) in [5.41, 5.74) is -0.336. The van der Waals surface area contributed by atoms with E-state index in [1.54, 1.807) is 0 Å². The van der Waals surface area contributed by atoms with E-state index in [1.807, 2.05) is 0 Å². The second-order valence-electron chi connectivity index (χ2n) is 8.42. The van der Waals surface area contributed by atoms with Crippen molar-refractivity contribution in [3.8, 4) is 5.88 Å². The summed E-state index contributed by atoms with van der Waals surface area (Å²) < 4.78 is 42.2. The molecule has 0 saturated carbocycles. The Morgan fingerprint density at radius 1 is 1.25 bits per heavy atom. The van der Waals surface area contributed by atoms with E-state index in [0.29, 0.717) is 57.1 Å². The van der Waals surface area contributed by atoms with Crippen molar-refractivity contribution in [2.75, 3.05) is 44.7 Å². The molecule has 0 spiro atoms. The van der Waals surface area contributed by atoms with Crippen LogP contribution in [-0.4, -0.2) is 77.0 Å². The molecule has 0 aliphatic carbocycles. The van der Waals surface area contributed by atoms with Crippen LogP contribution < -0.4 is 15.4 Å². The van der Waals surface area contributed by atoms with Gasteiger partial charge in [0.2, 0.25) is 5.88 Å². The number of carboxylic acids is 1. The number of aliphatic hydroxyl groups excluding tert-OH is 1. The molecule has 198 valence electrons. The first-order valence-electron chi connectivity index (χ1n) is 11.6. The summed E-state index contributed by atoms with van der Waals surface area (Å²) in [5.74, 6) is -3.00. The number of hydrogen-bond acceptors (Lipinski definition) is 8. The molecular formula is C23H30F2N4O6S. The van der Waals surface area contributed by atoms with Crippen LogP contribution in [0.15, 0.2) is 12.1 Å². The number of aliphatic hydroxyl groups is 1. The Morgan fingerprint density at radius 3 is 2.72 bits per heavy atom. The molecule has 0 bridgehead atoms. The first kappa shape index (κ1) is 27.7. The van der Waals surface area contributed by atoms with E-state index in [0.717, 1.165) is 25.2 Å². The van der Waals surface area contributed by atoms with E-state index >= 15 is 0 Å². The molecule has 1 aromatic carbocycles. The number of unbranched alkanes of at least 4 members (excludes halogenated alkanes) is 1. The average Bonchev–Trinajstić information content (AvgIpc) is 3.23. The van der Waals surface area contributed by atoms with E-state index in [-0.39, 0.29) is 27.6 Å². The summed E-state index contributed by atoms with van der Waals surface area (Å²) in [5, 5.41) is 24.7. The predicted octanol–water partition coefficient (Wildman–Crippen LogP) is 2.99. The second kappa shape index (κ2) is 13.4. The molecule has 1 aliphatic heterocycles. The highest BCUT2D eigenvalue weighted by molar-refractivity contribution is 7.11. The van der Waals surface area contributed by atoms with E-state index in [9.17, 15) is 28.6 Å². The van der Waals surface area contributed by atoms with Gasteiger partial charge in [-0.15, -0.1) is 0 Å². The summed E-state index contributed by atoms with van der Waals surface area (Å²) in [7, 11) is 0. The Hall–Kier alpha value is -2.87. The van der Waals surface area contributed by atoms with Crippen LogP contribution in [0.5, 0.6) is 5.88 Å². The van der Waals surface area contributed by atoms with E-state index in [4.69, 9.17) is 9.47 Å². The number of hydrogen-bond donors (Lipinski definition) is 4. The number of urea groups is 1. The summed E-state index contributed by atoms with van der Waals surface area (Å²) in [6, 6.07) is 1.38. The van der Waals surface area contributed by atoms with E-state index in [2.05, 4.69) is 19.9 Å². The Labute approximate surface area is 211 Å². The molecule has 13 heteroatoms. The van der Waals surface area contributed by atoms with Gasteiger partial charge in [0.05, 0.1) is 19.3 Å². The SMILES string of the molecule is Cc1cc(F)c(COc2nsc(NC(=O)NCCCCC(O)CN3CCOCC3)c2C(=O)O)cc1F. The number of nitrogens with one attached hydrogen (secondary N) is 2. The molecule has 1 fully saturated rings. The number of rotatable bonds is 12. The van der Waals surface area contributed by atoms with Gasteiger partial charge in [-0.05, 0) is 55.4 Å². The minimum absolute atomic E-state index is 0.0495. The van der Waals surface area contributed by atoms with Crippen molar-refractivity contribution in [2.24, 2.45) is 0 Å².